The maximum absolute atomic E-state index is 12.8. The minimum Gasteiger partial charge on any atom is -0.392 e. The van der Waals surface area contributed by atoms with Gasteiger partial charge in [0.25, 0.3) is 0 Å². The average Bonchev–Trinajstić information content (AvgIpc) is 2.14. The lowest BCUT2D eigenvalue weighted by Crippen LogP contribution is -2.27. The Morgan fingerprint density at radius 2 is 2.14 bits per heavy atom. The zero-order valence-corrected chi connectivity index (χ0v) is 8.50. The topological polar surface area (TPSA) is 32.3 Å². The van der Waals surface area contributed by atoms with Gasteiger partial charge in [-0.15, -0.1) is 0 Å². The van der Waals surface area contributed by atoms with Gasteiger partial charge in [0.1, 0.15) is 5.82 Å². The van der Waals surface area contributed by atoms with Crippen LogP contribution in [-0.2, 0) is 0 Å². The highest BCUT2D eigenvalue weighted by atomic mass is 19.1. The highest BCUT2D eigenvalue weighted by molar-refractivity contribution is 5.19. The molecular formula is C11H16FNO. The highest BCUT2D eigenvalue weighted by Gasteiger charge is 2.06. The maximum atomic E-state index is 12.8. The summed E-state index contributed by atoms with van der Waals surface area (Å²) in [6.45, 7) is 4.17. The van der Waals surface area contributed by atoms with Gasteiger partial charge in [-0.05, 0) is 31.5 Å². The monoisotopic (exact) mass is 197 g/mol. The molecule has 2 atom stereocenters. The fourth-order valence-corrected chi connectivity index (χ4v) is 1.24. The molecule has 0 saturated carbocycles. The summed E-state index contributed by atoms with van der Waals surface area (Å²) >= 11 is 0. The first-order valence-electron chi connectivity index (χ1n) is 4.76. The second-order valence-electron chi connectivity index (χ2n) is 3.53. The minimum atomic E-state index is -0.383. The van der Waals surface area contributed by atoms with Crippen LogP contribution < -0.4 is 5.32 Å². The van der Waals surface area contributed by atoms with Crippen LogP contribution in [0, 0.1) is 5.82 Å². The van der Waals surface area contributed by atoms with Gasteiger partial charge in [0.05, 0.1) is 6.10 Å². The molecule has 0 aliphatic rings. The van der Waals surface area contributed by atoms with Crippen molar-refractivity contribution in [2.24, 2.45) is 0 Å². The number of halogens is 1. The van der Waals surface area contributed by atoms with Gasteiger partial charge in [-0.2, -0.15) is 0 Å². The molecule has 14 heavy (non-hydrogen) atoms. The van der Waals surface area contributed by atoms with Crippen LogP contribution in [0.2, 0.25) is 0 Å². The van der Waals surface area contributed by atoms with E-state index in [0.717, 1.165) is 5.56 Å². The van der Waals surface area contributed by atoms with E-state index in [-0.39, 0.29) is 18.0 Å². The zero-order valence-electron chi connectivity index (χ0n) is 8.50. The molecule has 1 rings (SSSR count). The van der Waals surface area contributed by atoms with E-state index in [9.17, 15) is 4.39 Å². The molecule has 0 aliphatic carbocycles. The number of nitrogens with one attached hydrogen (secondary N) is 1. The fourth-order valence-electron chi connectivity index (χ4n) is 1.24. The predicted octanol–water partition coefficient (Wildman–Crippen LogP) is 1.86. The van der Waals surface area contributed by atoms with Crippen molar-refractivity contribution in [1.29, 1.82) is 0 Å². The summed E-state index contributed by atoms with van der Waals surface area (Å²) in [6.07, 6.45) is -0.383. The van der Waals surface area contributed by atoms with Crippen molar-refractivity contribution in [2.75, 3.05) is 6.54 Å². The first kappa shape index (κ1) is 11.1. The summed E-state index contributed by atoms with van der Waals surface area (Å²) < 4.78 is 12.8. The van der Waals surface area contributed by atoms with Crippen molar-refractivity contribution in [3.8, 4) is 0 Å². The number of hydrogen-bond donors (Lipinski definition) is 2. The standard InChI is InChI=1S/C11H16FNO/c1-8(14)7-13-9(2)10-4-3-5-11(12)6-10/h3-6,8-9,13-14H,7H2,1-2H3/t8?,9-/m1/s1. The van der Waals surface area contributed by atoms with Crippen molar-refractivity contribution in [2.45, 2.75) is 26.0 Å². The average molecular weight is 197 g/mol. The van der Waals surface area contributed by atoms with Crippen LogP contribution in [-0.4, -0.2) is 17.8 Å². The fraction of sp³-hybridized carbons (Fsp3) is 0.455. The van der Waals surface area contributed by atoms with Crippen molar-refractivity contribution in [3.05, 3.63) is 35.6 Å². The number of aliphatic hydroxyl groups is 1. The van der Waals surface area contributed by atoms with Gasteiger partial charge in [-0.1, -0.05) is 12.1 Å². The molecule has 0 aliphatic heterocycles. The number of benzene rings is 1. The SMILES string of the molecule is CC(O)CN[C@H](C)c1cccc(F)c1. The molecule has 0 aromatic heterocycles. The lowest BCUT2D eigenvalue weighted by Gasteiger charge is -2.15. The lowest BCUT2D eigenvalue weighted by molar-refractivity contribution is 0.187. The van der Waals surface area contributed by atoms with Crippen molar-refractivity contribution >= 4 is 0 Å². The largest absolute Gasteiger partial charge is 0.392 e. The normalized spacial score (nSPS) is 15.1. The molecule has 78 valence electrons. The quantitative estimate of drug-likeness (QED) is 0.772. The van der Waals surface area contributed by atoms with E-state index >= 15 is 0 Å². The molecule has 0 heterocycles. The number of hydrogen-bond acceptors (Lipinski definition) is 2. The van der Waals surface area contributed by atoms with Gasteiger partial charge >= 0.3 is 0 Å². The van der Waals surface area contributed by atoms with Gasteiger partial charge in [-0.25, -0.2) is 4.39 Å². The third kappa shape index (κ3) is 3.44. The van der Waals surface area contributed by atoms with Crippen LogP contribution >= 0.6 is 0 Å². The maximum Gasteiger partial charge on any atom is 0.123 e. The van der Waals surface area contributed by atoms with Gasteiger partial charge in [0.15, 0.2) is 0 Å². The van der Waals surface area contributed by atoms with Crippen molar-refractivity contribution < 1.29 is 9.50 Å². The Morgan fingerprint density at radius 3 is 2.71 bits per heavy atom. The molecule has 3 heteroatoms. The van der Waals surface area contributed by atoms with Crippen LogP contribution in [0.4, 0.5) is 4.39 Å². The summed E-state index contributed by atoms with van der Waals surface area (Å²) in [5.41, 5.74) is 0.894. The molecule has 2 N–H and O–H groups in total. The molecule has 0 radical (unpaired) electrons. The minimum absolute atomic E-state index is 0.0558. The molecular weight excluding hydrogens is 181 g/mol. The van der Waals surface area contributed by atoms with E-state index in [1.807, 2.05) is 13.0 Å². The summed E-state index contributed by atoms with van der Waals surface area (Å²) in [5, 5.41) is 12.2. The summed E-state index contributed by atoms with van der Waals surface area (Å²) in [7, 11) is 0. The van der Waals surface area contributed by atoms with Crippen LogP contribution in [0.5, 0.6) is 0 Å². The molecule has 0 saturated heterocycles. The van der Waals surface area contributed by atoms with E-state index in [2.05, 4.69) is 5.32 Å². The van der Waals surface area contributed by atoms with Crippen LogP contribution in [0.15, 0.2) is 24.3 Å². The van der Waals surface area contributed by atoms with E-state index in [0.29, 0.717) is 6.54 Å². The Morgan fingerprint density at radius 1 is 1.43 bits per heavy atom. The van der Waals surface area contributed by atoms with Crippen LogP contribution in [0.3, 0.4) is 0 Å². The lowest BCUT2D eigenvalue weighted by atomic mass is 10.1. The van der Waals surface area contributed by atoms with E-state index in [1.165, 1.54) is 12.1 Å². The molecule has 1 aromatic carbocycles. The molecule has 0 amide bonds. The highest BCUT2D eigenvalue weighted by Crippen LogP contribution is 2.12. The summed E-state index contributed by atoms with van der Waals surface area (Å²) in [6, 6.07) is 6.53. The van der Waals surface area contributed by atoms with Gasteiger partial charge in [-0.3, -0.25) is 0 Å². The second kappa shape index (κ2) is 5.08. The Labute approximate surface area is 83.8 Å². The Hall–Kier alpha value is -0.930. The molecule has 2 nitrogen and oxygen atoms in total. The summed E-state index contributed by atoms with van der Waals surface area (Å²) in [4.78, 5) is 0. The smallest absolute Gasteiger partial charge is 0.123 e. The van der Waals surface area contributed by atoms with Gasteiger partial charge in [0.2, 0.25) is 0 Å². The first-order chi connectivity index (χ1) is 6.59. The third-order valence-corrected chi connectivity index (χ3v) is 2.07. The van der Waals surface area contributed by atoms with Gasteiger partial charge in [0, 0.05) is 12.6 Å². The number of rotatable bonds is 4. The number of aliphatic hydroxyl groups excluding tert-OH is 1. The van der Waals surface area contributed by atoms with E-state index < -0.39 is 0 Å². The van der Waals surface area contributed by atoms with Crippen LogP contribution in [0.25, 0.3) is 0 Å². The molecule has 1 aromatic rings. The Kier molecular flexibility index (Phi) is 4.04. The van der Waals surface area contributed by atoms with Gasteiger partial charge < -0.3 is 10.4 Å². The van der Waals surface area contributed by atoms with Crippen molar-refractivity contribution in [1.82, 2.24) is 5.32 Å². The Bertz CT molecular complexity index is 288. The third-order valence-electron chi connectivity index (χ3n) is 2.07. The predicted molar refractivity (Wildman–Crippen MR) is 54.5 cm³/mol. The molecule has 0 fully saturated rings. The molecule has 0 spiro atoms. The van der Waals surface area contributed by atoms with Crippen molar-refractivity contribution in [3.63, 3.8) is 0 Å². The van der Waals surface area contributed by atoms with Crippen LogP contribution in [0.1, 0.15) is 25.5 Å². The van der Waals surface area contributed by atoms with E-state index in [4.69, 9.17) is 5.11 Å². The molecule has 1 unspecified atom stereocenters. The first-order valence-corrected chi connectivity index (χ1v) is 4.76. The summed E-state index contributed by atoms with van der Waals surface area (Å²) in [5.74, 6) is -0.229. The zero-order chi connectivity index (χ0) is 10.6. The Balaban J connectivity index is 2.56. The van der Waals surface area contributed by atoms with E-state index in [1.54, 1.807) is 13.0 Å². The molecule has 0 bridgehead atoms. The second-order valence-corrected chi connectivity index (χ2v) is 3.53.